The molecular weight excluding hydrogens is 358 g/mol. The van der Waals surface area contributed by atoms with Crippen LogP contribution in [0.1, 0.15) is 21.6 Å². The minimum atomic E-state index is -0.319. The van der Waals surface area contributed by atoms with Crippen molar-refractivity contribution >= 4 is 22.4 Å². The van der Waals surface area contributed by atoms with E-state index in [0.717, 1.165) is 22.4 Å². The van der Waals surface area contributed by atoms with E-state index >= 15 is 0 Å². The zero-order valence-corrected chi connectivity index (χ0v) is 15.5. The number of carbonyl (C=O) groups excluding carboxylic acids is 1. The molecule has 0 unspecified atom stereocenters. The number of hydrogen-bond donors (Lipinski definition) is 1. The number of aromatic nitrogens is 4. The first kappa shape index (κ1) is 17.1. The molecule has 0 radical (unpaired) electrons. The Bertz CT molecular complexity index is 1070. The molecule has 2 heterocycles. The maximum Gasteiger partial charge on any atom is 0.279 e. The highest BCUT2D eigenvalue weighted by molar-refractivity contribution is 7.14. The molecule has 0 spiro atoms. The number of anilines is 1. The lowest BCUT2D eigenvalue weighted by molar-refractivity contribution is 0.102. The van der Waals surface area contributed by atoms with Crippen LogP contribution in [0.2, 0.25) is 0 Å². The minimum Gasteiger partial charge on any atom is -0.296 e. The summed E-state index contributed by atoms with van der Waals surface area (Å²) >= 11 is 1.39. The predicted molar refractivity (Wildman–Crippen MR) is 106 cm³/mol. The second-order valence-electron chi connectivity index (χ2n) is 6.09. The second-order valence-corrected chi connectivity index (χ2v) is 6.95. The summed E-state index contributed by atoms with van der Waals surface area (Å²) < 4.78 is 1.64. The first-order valence-corrected chi connectivity index (χ1v) is 9.34. The predicted octanol–water partition coefficient (Wildman–Crippen LogP) is 4.01. The molecule has 7 heteroatoms. The van der Waals surface area contributed by atoms with Crippen molar-refractivity contribution in [3.8, 4) is 11.3 Å². The van der Waals surface area contributed by atoms with Crippen molar-refractivity contribution in [1.29, 1.82) is 0 Å². The number of rotatable bonds is 5. The van der Waals surface area contributed by atoms with Gasteiger partial charge < -0.3 is 0 Å². The molecule has 0 aliphatic rings. The standard InChI is InChI=1S/C20H17N5OS/c1-14-7-5-6-10-16(14)18-13-27-20(21-18)22-19(26)17-12-25(24-23-17)11-15-8-3-2-4-9-15/h2-10,12-13H,11H2,1H3,(H,21,22,26). The molecule has 1 amide bonds. The van der Waals surface area contributed by atoms with Crippen molar-refractivity contribution < 1.29 is 4.79 Å². The van der Waals surface area contributed by atoms with Crippen molar-refractivity contribution in [2.24, 2.45) is 0 Å². The van der Waals surface area contributed by atoms with Gasteiger partial charge in [0.2, 0.25) is 0 Å². The number of benzene rings is 2. The highest BCUT2D eigenvalue weighted by atomic mass is 32.1. The fourth-order valence-electron chi connectivity index (χ4n) is 2.73. The van der Waals surface area contributed by atoms with Crippen LogP contribution in [0.25, 0.3) is 11.3 Å². The third-order valence-corrected chi connectivity index (χ3v) is 4.86. The van der Waals surface area contributed by atoms with Crippen molar-refractivity contribution in [1.82, 2.24) is 20.0 Å². The molecule has 0 saturated heterocycles. The maximum absolute atomic E-state index is 12.4. The summed E-state index contributed by atoms with van der Waals surface area (Å²) in [6.07, 6.45) is 1.64. The summed E-state index contributed by atoms with van der Waals surface area (Å²) in [4.78, 5) is 16.9. The van der Waals surface area contributed by atoms with E-state index in [1.807, 2.05) is 66.9 Å². The summed E-state index contributed by atoms with van der Waals surface area (Å²) in [5.41, 5.74) is 4.41. The second kappa shape index (κ2) is 7.51. The average Bonchev–Trinajstić information content (AvgIpc) is 3.33. The van der Waals surface area contributed by atoms with Gasteiger partial charge in [0.15, 0.2) is 10.8 Å². The number of nitrogens with one attached hydrogen (secondary N) is 1. The third kappa shape index (κ3) is 3.93. The van der Waals surface area contributed by atoms with Gasteiger partial charge in [-0.1, -0.05) is 59.8 Å². The Morgan fingerprint density at radius 1 is 1.11 bits per heavy atom. The first-order valence-electron chi connectivity index (χ1n) is 8.46. The molecule has 1 N–H and O–H groups in total. The zero-order valence-electron chi connectivity index (χ0n) is 14.7. The average molecular weight is 375 g/mol. The fraction of sp³-hybridized carbons (Fsp3) is 0.100. The molecule has 4 aromatic rings. The molecule has 0 fully saturated rings. The van der Waals surface area contributed by atoms with Crippen LogP contribution in [0.3, 0.4) is 0 Å². The van der Waals surface area contributed by atoms with Crippen LogP contribution in [-0.2, 0) is 6.54 Å². The Morgan fingerprint density at radius 2 is 1.89 bits per heavy atom. The van der Waals surface area contributed by atoms with Crippen molar-refractivity contribution in [2.45, 2.75) is 13.5 Å². The molecule has 2 aromatic carbocycles. The Kier molecular flexibility index (Phi) is 4.76. The lowest BCUT2D eigenvalue weighted by Gasteiger charge is -2.01. The van der Waals surface area contributed by atoms with Crippen LogP contribution in [0.5, 0.6) is 0 Å². The largest absolute Gasteiger partial charge is 0.296 e. The SMILES string of the molecule is Cc1ccccc1-c1csc(NC(=O)c2cn(Cc3ccccc3)nn2)n1. The first-order chi connectivity index (χ1) is 13.2. The van der Waals surface area contributed by atoms with Crippen LogP contribution < -0.4 is 5.32 Å². The Morgan fingerprint density at radius 3 is 2.70 bits per heavy atom. The van der Waals surface area contributed by atoms with E-state index in [9.17, 15) is 4.79 Å². The summed E-state index contributed by atoms with van der Waals surface area (Å²) in [6, 6.07) is 17.9. The summed E-state index contributed by atoms with van der Waals surface area (Å²) in [6.45, 7) is 2.60. The Hall–Kier alpha value is -3.32. The Balaban J connectivity index is 1.45. The van der Waals surface area contributed by atoms with Crippen molar-refractivity contribution in [3.63, 3.8) is 0 Å². The monoisotopic (exact) mass is 375 g/mol. The molecule has 0 aliphatic heterocycles. The number of carbonyl (C=O) groups is 1. The van der Waals surface area contributed by atoms with Gasteiger partial charge in [-0.15, -0.1) is 16.4 Å². The van der Waals surface area contributed by atoms with Gasteiger partial charge in [-0.05, 0) is 18.1 Å². The van der Waals surface area contributed by atoms with E-state index in [1.54, 1.807) is 10.9 Å². The lowest BCUT2D eigenvalue weighted by Crippen LogP contribution is -2.12. The highest BCUT2D eigenvalue weighted by Gasteiger charge is 2.14. The van der Waals surface area contributed by atoms with Crippen LogP contribution >= 0.6 is 11.3 Å². The van der Waals surface area contributed by atoms with E-state index in [4.69, 9.17) is 0 Å². The molecule has 134 valence electrons. The van der Waals surface area contributed by atoms with Gasteiger partial charge in [0.25, 0.3) is 5.91 Å². The molecule has 4 rings (SSSR count). The fourth-order valence-corrected chi connectivity index (χ4v) is 3.43. The van der Waals surface area contributed by atoms with Crippen LogP contribution in [0, 0.1) is 6.92 Å². The van der Waals surface area contributed by atoms with E-state index in [-0.39, 0.29) is 11.6 Å². The molecule has 6 nitrogen and oxygen atoms in total. The smallest absolute Gasteiger partial charge is 0.279 e. The van der Waals surface area contributed by atoms with E-state index < -0.39 is 0 Å². The number of nitrogens with zero attached hydrogens (tertiary/aromatic N) is 4. The highest BCUT2D eigenvalue weighted by Crippen LogP contribution is 2.27. The van der Waals surface area contributed by atoms with Gasteiger partial charge in [-0.3, -0.25) is 10.1 Å². The van der Waals surface area contributed by atoms with Gasteiger partial charge in [0.1, 0.15) is 0 Å². The van der Waals surface area contributed by atoms with E-state index in [1.165, 1.54) is 11.3 Å². The molecule has 0 bridgehead atoms. The number of hydrogen-bond acceptors (Lipinski definition) is 5. The molecular formula is C20H17N5OS. The molecule has 0 aliphatic carbocycles. The van der Waals surface area contributed by atoms with Crippen molar-refractivity contribution in [3.05, 3.63) is 83.0 Å². The maximum atomic E-state index is 12.4. The van der Waals surface area contributed by atoms with Gasteiger partial charge in [-0.2, -0.15) is 0 Å². The third-order valence-electron chi connectivity index (χ3n) is 4.10. The minimum absolute atomic E-state index is 0.263. The molecule has 0 saturated carbocycles. The van der Waals surface area contributed by atoms with E-state index in [2.05, 4.69) is 20.6 Å². The molecule has 27 heavy (non-hydrogen) atoms. The molecule has 2 aromatic heterocycles. The number of amides is 1. The Labute approximate surface area is 160 Å². The van der Waals surface area contributed by atoms with E-state index in [0.29, 0.717) is 11.7 Å². The van der Waals surface area contributed by atoms with Gasteiger partial charge in [0.05, 0.1) is 18.4 Å². The van der Waals surface area contributed by atoms with Crippen LogP contribution in [0.4, 0.5) is 5.13 Å². The van der Waals surface area contributed by atoms with Crippen LogP contribution in [-0.4, -0.2) is 25.9 Å². The van der Waals surface area contributed by atoms with Gasteiger partial charge in [-0.25, -0.2) is 9.67 Å². The van der Waals surface area contributed by atoms with Gasteiger partial charge in [0, 0.05) is 10.9 Å². The number of thiazole rings is 1. The summed E-state index contributed by atoms with van der Waals surface area (Å²) in [7, 11) is 0. The number of aryl methyl sites for hydroxylation is 1. The van der Waals surface area contributed by atoms with Crippen LogP contribution in [0.15, 0.2) is 66.2 Å². The lowest BCUT2D eigenvalue weighted by atomic mass is 10.1. The summed E-state index contributed by atoms with van der Waals surface area (Å²) in [5.74, 6) is -0.319. The molecule has 0 atom stereocenters. The summed E-state index contributed by atoms with van der Waals surface area (Å²) in [5, 5.41) is 13.3. The zero-order chi connectivity index (χ0) is 18.6. The quantitative estimate of drug-likeness (QED) is 0.572. The topological polar surface area (TPSA) is 72.7 Å². The van der Waals surface area contributed by atoms with Gasteiger partial charge >= 0.3 is 0 Å². The normalized spacial score (nSPS) is 10.7. The van der Waals surface area contributed by atoms with Crippen molar-refractivity contribution in [2.75, 3.05) is 5.32 Å².